The molecular formula is C25H28N2O5S. The van der Waals surface area contributed by atoms with Crippen molar-refractivity contribution in [1.29, 1.82) is 0 Å². The number of ether oxygens (including phenoxy) is 2. The van der Waals surface area contributed by atoms with Crippen LogP contribution in [0, 0.1) is 6.92 Å². The maximum atomic E-state index is 13.1. The molecular weight excluding hydrogens is 440 g/mol. The van der Waals surface area contributed by atoms with Crippen molar-refractivity contribution < 1.29 is 22.7 Å². The predicted molar refractivity (Wildman–Crippen MR) is 129 cm³/mol. The fourth-order valence-corrected chi connectivity index (χ4v) is 4.33. The Morgan fingerprint density at radius 2 is 1.58 bits per heavy atom. The zero-order valence-corrected chi connectivity index (χ0v) is 19.9. The maximum absolute atomic E-state index is 13.1. The van der Waals surface area contributed by atoms with Crippen molar-refractivity contribution in [3.8, 4) is 11.5 Å². The third-order valence-corrected chi connectivity index (χ3v) is 6.32. The maximum Gasteiger partial charge on any atom is 0.241 e. The third kappa shape index (κ3) is 6.04. The number of aryl methyl sites for hydroxylation is 1. The standard InChI is InChI=1S/C25H28N2O5S/c1-18-10-12-20(13-11-18)25(19-8-6-5-7-9-19)26-24(28)17-27(33(4,29)30)22-15-14-21(31-2)16-23(22)32-3/h5-16,25H,17H2,1-4H3,(H,26,28). The number of methoxy groups -OCH3 is 2. The zero-order valence-electron chi connectivity index (χ0n) is 19.1. The Labute approximate surface area is 195 Å². The van der Waals surface area contributed by atoms with E-state index in [0.717, 1.165) is 27.3 Å². The SMILES string of the molecule is COc1ccc(N(CC(=O)NC(c2ccccc2)c2ccc(C)cc2)S(C)(=O)=O)c(OC)c1. The molecule has 8 heteroatoms. The largest absolute Gasteiger partial charge is 0.497 e. The molecule has 33 heavy (non-hydrogen) atoms. The van der Waals surface area contributed by atoms with Crippen LogP contribution in [0.15, 0.2) is 72.8 Å². The van der Waals surface area contributed by atoms with Crippen LogP contribution in [0.3, 0.4) is 0 Å². The molecule has 3 aromatic carbocycles. The minimum atomic E-state index is -3.78. The lowest BCUT2D eigenvalue weighted by molar-refractivity contribution is -0.120. The van der Waals surface area contributed by atoms with Crippen molar-refractivity contribution >= 4 is 21.6 Å². The first kappa shape index (κ1) is 24.1. The first-order valence-corrected chi connectivity index (χ1v) is 12.2. The molecule has 0 saturated heterocycles. The number of benzene rings is 3. The average molecular weight is 469 g/mol. The topological polar surface area (TPSA) is 84.9 Å². The molecule has 1 atom stereocenters. The Balaban J connectivity index is 1.92. The molecule has 0 fully saturated rings. The highest BCUT2D eigenvalue weighted by Gasteiger charge is 2.26. The van der Waals surface area contributed by atoms with E-state index in [1.807, 2.05) is 61.5 Å². The molecule has 0 aliphatic rings. The summed E-state index contributed by atoms with van der Waals surface area (Å²) in [6.07, 6.45) is 1.05. The van der Waals surface area contributed by atoms with Crippen molar-refractivity contribution in [2.75, 3.05) is 31.3 Å². The lowest BCUT2D eigenvalue weighted by Gasteiger charge is -2.26. The van der Waals surface area contributed by atoms with Gasteiger partial charge in [-0.3, -0.25) is 9.10 Å². The van der Waals surface area contributed by atoms with Gasteiger partial charge in [0.25, 0.3) is 0 Å². The molecule has 3 aromatic rings. The first-order chi connectivity index (χ1) is 15.7. The summed E-state index contributed by atoms with van der Waals surface area (Å²) in [5.74, 6) is 0.343. The summed E-state index contributed by atoms with van der Waals surface area (Å²) in [7, 11) is -0.847. The number of hydrogen-bond donors (Lipinski definition) is 1. The summed E-state index contributed by atoms with van der Waals surface area (Å²) < 4.78 is 36.8. The summed E-state index contributed by atoms with van der Waals surface area (Å²) >= 11 is 0. The zero-order chi connectivity index (χ0) is 24.0. The van der Waals surface area contributed by atoms with E-state index in [9.17, 15) is 13.2 Å². The van der Waals surface area contributed by atoms with E-state index in [1.165, 1.54) is 14.2 Å². The Hall–Kier alpha value is -3.52. The van der Waals surface area contributed by atoms with E-state index in [4.69, 9.17) is 9.47 Å². The van der Waals surface area contributed by atoms with Crippen LogP contribution in [0.25, 0.3) is 0 Å². The molecule has 174 valence electrons. The summed E-state index contributed by atoms with van der Waals surface area (Å²) in [4.78, 5) is 13.1. The van der Waals surface area contributed by atoms with Gasteiger partial charge in [-0.15, -0.1) is 0 Å². The van der Waals surface area contributed by atoms with Crippen LogP contribution < -0.4 is 19.1 Å². The van der Waals surface area contributed by atoms with Crippen molar-refractivity contribution in [1.82, 2.24) is 5.32 Å². The lowest BCUT2D eigenvalue weighted by atomic mass is 9.98. The Kier molecular flexibility index (Phi) is 7.60. The van der Waals surface area contributed by atoms with Gasteiger partial charge in [-0.05, 0) is 30.2 Å². The van der Waals surface area contributed by atoms with E-state index in [-0.39, 0.29) is 11.4 Å². The second-order valence-electron chi connectivity index (χ2n) is 7.63. The summed E-state index contributed by atoms with van der Waals surface area (Å²) in [5, 5.41) is 2.99. The normalized spacial score (nSPS) is 12.0. The predicted octanol–water partition coefficient (Wildman–Crippen LogP) is 3.68. The number of anilines is 1. The molecule has 0 spiro atoms. The van der Waals surface area contributed by atoms with E-state index < -0.39 is 28.5 Å². The molecule has 1 unspecified atom stereocenters. The first-order valence-electron chi connectivity index (χ1n) is 10.3. The average Bonchev–Trinajstić information content (AvgIpc) is 2.81. The van der Waals surface area contributed by atoms with Gasteiger partial charge in [-0.1, -0.05) is 60.2 Å². The second kappa shape index (κ2) is 10.4. The Morgan fingerprint density at radius 3 is 2.15 bits per heavy atom. The Bertz CT molecular complexity index is 1200. The molecule has 0 radical (unpaired) electrons. The number of carbonyl (C=O) groups is 1. The van der Waals surface area contributed by atoms with Crippen molar-refractivity contribution in [2.45, 2.75) is 13.0 Å². The van der Waals surface area contributed by atoms with Crippen LogP contribution in [0.5, 0.6) is 11.5 Å². The van der Waals surface area contributed by atoms with Gasteiger partial charge in [-0.25, -0.2) is 8.42 Å². The smallest absolute Gasteiger partial charge is 0.241 e. The molecule has 0 aliphatic carbocycles. The minimum Gasteiger partial charge on any atom is -0.497 e. The van der Waals surface area contributed by atoms with E-state index in [0.29, 0.717) is 5.75 Å². The molecule has 0 bridgehead atoms. The number of amides is 1. The van der Waals surface area contributed by atoms with E-state index >= 15 is 0 Å². The van der Waals surface area contributed by atoms with Gasteiger partial charge >= 0.3 is 0 Å². The molecule has 0 aliphatic heterocycles. The van der Waals surface area contributed by atoms with Gasteiger partial charge in [0.15, 0.2) is 0 Å². The second-order valence-corrected chi connectivity index (χ2v) is 9.54. The summed E-state index contributed by atoms with van der Waals surface area (Å²) in [6, 6.07) is 21.7. The van der Waals surface area contributed by atoms with Gasteiger partial charge in [0.05, 0.1) is 32.2 Å². The quantitative estimate of drug-likeness (QED) is 0.518. The number of carbonyl (C=O) groups excluding carboxylic acids is 1. The molecule has 0 aromatic heterocycles. The number of rotatable bonds is 9. The Morgan fingerprint density at radius 1 is 0.939 bits per heavy atom. The molecule has 0 heterocycles. The number of nitrogens with zero attached hydrogens (tertiary/aromatic N) is 1. The van der Waals surface area contributed by atoms with Crippen LogP contribution in [0.1, 0.15) is 22.7 Å². The van der Waals surface area contributed by atoms with Crippen molar-refractivity contribution in [3.63, 3.8) is 0 Å². The summed E-state index contributed by atoms with van der Waals surface area (Å²) in [5.41, 5.74) is 3.14. The number of nitrogens with one attached hydrogen (secondary N) is 1. The van der Waals surface area contributed by atoms with Crippen LogP contribution >= 0.6 is 0 Å². The van der Waals surface area contributed by atoms with E-state index in [2.05, 4.69) is 5.32 Å². The highest BCUT2D eigenvalue weighted by atomic mass is 32.2. The van der Waals surface area contributed by atoms with Crippen molar-refractivity contribution in [3.05, 3.63) is 89.5 Å². The van der Waals surface area contributed by atoms with Crippen LogP contribution in [0.2, 0.25) is 0 Å². The minimum absolute atomic E-state index is 0.252. The third-order valence-electron chi connectivity index (χ3n) is 5.19. The fraction of sp³-hybridized carbons (Fsp3) is 0.240. The lowest BCUT2D eigenvalue weighted by Crippen LogP contribution is -2.42. The van der Waals surface area contributed by atoms with Crippen LogP contribution in [-0.2, 0) is 14.8 Å². The molecule has 7 nitrogen and oxygen atoms in total. The molecule has 3 rings (SSSR count). The molecule has 1 N–H and O–H groups in total. The van der Waals surface area contributed by atoms with Crippen molar-refractivity contribution in [2.24, 2.45) is 0 Å². The fourth-order valence-electron chi connectivity index (χ4n) is 3.47. The van der Waals surface area contributed by atoms with Gasteiger partial charge in [0.2, 0.25) is 15.9 Å². The van der Waals surface area contributed by atoms with Gasteiger partial charge in [-0.2, -0.15) is 0 Å². The monoisotopic (exact) mass is 468 g/mol. The highest BCUT2D eigenvalue weighted by Crippen LogP contribution is 2.33. The van der Waals surface area contributed by atoms with Crippen LogP contribution in [-0.4, -0.2) is 41.3 Å². The van der Waals surface area contributed by atoms with Gasteiger partial charge in [0, 0.05) is 6.07 Å². The number of hydrogen-bond acceptors (Lipinski definition) is 5. The summed E-state index contributed by atoms with van der Waals surface area (Å²) in [6.45, 7) is 1.59. The molecule has 1 amide bonds. The van der Waals surface area contributed by atoms with Gasteiger partial charge in [0.1, 0.15) is 18.0 Å². The molecule has 0 saturated carbocycles. The van der Waals surface area contributed by atoms with Crippen LogP contribution in [0.4, 0.5) is 5.69 Å². The van der Waals surface area contributed by atoms with Gasteiger partial charge < -0.3 is 14.8 Å². The highest BCUT2D eigenvalue weighted by molar-refractivity contribution is 7.92. The van der Waals surface area contributed by atoms with E-state index in [1.54, 1.807) is 18.2 Å². The number of sulfonamides is 1.